The standard InChI is InChI=1S/C6H8N2/c7-8-6-4-2-1-3-5-6/h1-5,8H,7H2/i8+1. The SMILES string of the molecule is N[15NH]c1ccccc1. The summed E-state index contributed by atoms with van der Waals surface area (Å²) in [6, 6.07) is 9.60. The lowest BCUT2D eigenvalue weighted by molar-refractivity contribution is 1.35. The minimum Gasteiger partial charge on any atom is -0.324 e. The first-order valence-corrected chi connectivity index (χ1v) is 2.45. The quantitative estimate of drug-likeness (QED) is 0.320. The zero-order valence-electron chi connectivity index (χ0n) is 4.46. The number of anilines is 1. The number of hydrogen-bond acceptors (Lipinski definition) is 2. The van der Waals surface area contributed by atoms with E-state index in [1.54, 1.807) is 0 Å². The van der Waals surface area contributed by atoms with Crippen molar-refractivity contribution in [3.63, 3.8) is 0 Å². The third kappa shape index (κ3) is 0.978. The van der Waals surface area contributed by atoms with Crippen LogP contribution in [0.4, 0.5) is 5.69 Å². The summed E-state index contributed by atoms with van der Waals surface area (Å²) in [7, 11) is 0. The van der Waals surface area contributed by atoms with E-state index < -0.39 is 0 Å². The molecule has 0 bridgehead atoms. The molecule has 2 nitrogen and oxygen atoms in total. The molecule has 0 amide bonds. The van der Waals surface area contributed by atoms with Gasteiger partial charge < -0.3 is 5.43 Å². The maximum absolute atomic E-state index is 5.10. The van der Waals surface area contributed by atoms with Crippen LogP contribution in [0.2, 0.25) is 0 Å². The first-order chi connectivity index (χ1) is 3.93. The molecular formula is C6H8N2. The molecular weight excluding hydrogens is 101 g/mol. The lowest BCUT2D eigenvalue weighted by Crippen LogP contribution is -2.05. The van der Waals surface area contributed by atoms with E-state index in [1.807, 2.05) is 30.3 Å². The van der Waals surface area contributed by atoms with E-state index >= 15 is 0 Å². The first kappa shape index (κ1) is 5.12. The number of para-hydroxylation sites is 1. The fraction of sp³-hybridized carbons (Fsp3) is 0. The van der Waals surface area contributed by atoms with E-state index in [4.69, 9.17) is 5.84 Å². The molecule has 0 aliphatic heterocycles. The van der Waals surface area contributed by atoms with Crippen molar-refractivity contribution in [3.8, 4) is 0 Å². The van der Waals surface area contributed by atoms with E-state index in [2.05, 4.69) is 5.43 Å². The number of benzene rings is 1. The van der Waals surface area contributed by atoms with Crippen molar-refractivity contribution >= 4 is 5.69 Å². The zero-order chi connectivity index (χ0) is 5.82. The molecule has 0 radical (unpaired) electrons. The maximum Gasteiger partial charge on any atom is 0.0485 e. The highest BCUT2D eigenvalue weighted by Crippen LogP contribution is 2.00. The molecule has 0 saturated heterocycles. The van der Waals surface area contributed by atoms with E-state index in [0.717, 1.165) is 5.69 Å². The van der Waals surface area contributed by atoms with Gasteiger partial charge >= 0.3 is 0 Å². The van der Waals surface area contributed by atoms with Crippen LogP contribution >= 0.6 is 0 Å². The normalized spacial score (nSPS) is 8.62. The minimum atomic E-state index is 0.938. The second kappa shape index (κ2) is 2.33. The van der Waals surface area contributed by atoms with Gasteiger partial charge in [-0.3, -0.25) is 5.84 Å². The average molecular weight is 109 g/mol. The van der Waals surface area contributed by atoms with Gasteiger partial charge in [0.25, 0.3) is 0 Å². The third-order valence-corrected chi connectivity index (χ3v) is 0.940. The van der Waals surface area contributed by atoms with E-state index in [-0.39, 0.29) is 0 Å². The highest BCUT2D eigenvalue weighted by Gasteiger charge is 1.78. The van der Waals surface area contributed by atoms with Crippen molar-refractivity contribution in [2.24, 2.45) is 5.84 Å². The molecule has 1 rings (SSSR count). The summed E-state index contributed by atoms with van der Waals surface area (Å²) in [6.45, 7) is 0. The molecule has 2 heteroatoms. The van der Waals surface area contributed by atoms with Gasteiger partial charge in [-0.1, -0.05) is 18.2 Å². The van der Waals surface area contributed by atoms with Crippen molar-refractivity contribution in [2.45, 2.75) is 0 Å². The summed E-state index contributed by atoms with van der Waals surface area (Å²) in [4.78, 5) is 0. The number of nitrogens with one attached hydrogen (secondary N) is 1. The molecule has 42 valence electrons. The molecule has 8 heavy (non-hydrogen) atoms. The van der Waals surface area contributed by atoms with Crippen molar-refractivity contribution < 1.29 is 0 Å². The molecule has 0 fully saturated rings. The molecule has 0 aromatic heterocycles. The summed E-state index contributed by atoms with van der Waals surface area (Å²) in [5.74, 6) is 5.10. The zero-order valence-corrected chi connectivity index (χ0v) is 4.46. The Morgan fingerprint density at radius 3 is 2.12 bits per heavy atom. The largest absolute Gasteiger partial charge is 0.324 e. The van der Waals surface area contributed by atoms with Gasteiger partial charge in [-0.05, 0) is 12.1 Å². The Morgan fingerprint density at radius 2 is 1.75 bits per heavy atom. The van der Waals surface area contributed by atoms with Gasteiger partial charge in [0.15, 0.2) is 0 Å². The summed E-state index contributed by atoms with van der Waals surface area (Å²) in [6.07, 6.45) is 0. The van der Waals surface area contributed by atoms with Crippen molar-refractivity contribution in [1.82, 2.24) is 0 Å². The number of rotatable bonds is 1. The Labute approximate surface area is 48.3 Å². The molecule has 0 saturated carbocycles. The molecule has 0 atom stereocenters. The maximum atomic E-state index is 5.10. The van der Waals surface area contributed by atoms with Gasteiger partial charge in [0, 0.05) is 5.69 Å². The van der Waals surface area contributed by atoms with Crippen LogP contribution in [0.3, 0.4) is 0 Å². The van der Waals surface area contributed by atoms with Gasteiger partial charge in [-0.25, -0.2) is 0 Å². The van der Waals surface area contributed by atoms with Gasteiger partial charge in [0.1, 0.15) is 0 Å². The second-order valence-corrected chi connectivity index (χ2v) is 1.51. The van der Waals surface area contributed by atoms with Crippen LogP contribution in [-0.2, 0) is 0 Å². The Balaban J connectivity index is 2.83. The predicted octanol–water partition coefficient (Wildman–Crippen LogP) is 0.972. The lowest BCUT2D eigenvalue weighted by atomic mass is 10.3. The van der Waals surface area contributed by atoms with Crippen LogP contribution in [0.1, 0.15) is 0 Å². The second-order valence-electron chi connectivity index (χ2n) is 1.51. The molecule has 0 unspecified atom stereocenters. The van der Waals surface area contributed by atoms with Crippen LogP contribution in [0.5, 0.6) is 0 Å². The smallest absolute Gasteiger partial charge is 0.0485 e. The number of nitrogen functional groups attached to an aromatic ring is 1. The lowest BCUT2D eigenvalue weighted by Gasteiger charge is -1.94. The minimum absolute atomic E-state index is 0.938. The van der Waals surface area contributed by atoms with Crippen LogP contribution < -0.4 is 11.3 Å². The van der Waals surface area contributed by atoms with Gasteiger partial charge in [0.05, 0.1) is 0 Å². The Hall–Kier alpha value is -1.02. The number of hydrazine groups is 1. The number of hydrogen-bond donors (Lipinski definition) is 2. The third-order valence-electron chi connectivity index (χ3n) is 0.940. The average Bonchev–Trinajstić information content (AvgIpc) is 1.90. The topological polar surface area (TPSA) is 38.0 Å². The fourth-order valence-electron chi connectivity index (χ4n) is 0.534. The summed E-state index contributed by atoms with van der Waals surface area (Å²) in [5, 5.41) is 0. The molecule has 0 aliphatic rings. The summed E-state index contributed by atoms with van der Waals surface area (Å²) in [5.41, 5.74) is 3.46. The van der Waals surface area contributed by atoms with Crippen LogP contribution in [-0.4, -0.2) is 0 Å². The van der Waals surface area contributed by atoms with Gasteiger partial charge in [-0.2, -0.15) is 0 Å². The Kier molecular flexibility index (Phi) is 1.49. The van der Waals surface area contributed by atoms with E-state index in [0.29, 0.717) is 0 Å². The molecule has 0 aliphatic carbocycles. The summed E-state index contributed by atoms with van der Waals surface area (Å²) < 4.78 is 0. The van der Waals surface area contributed by atoms with Gasteiger partial charge in [0.2, 0.25) is 0 Å². The highest BCUT2D eigenvalue weighted by molar-refractivity contribution is 5.40. The van der Waals surface area contributed by atoms with Crippen molar-refractivity contribution in [1.29, 1.82) is 0 Å². The monoisotopic (exact) mass is 109 g/mol. The van der Waals surface area contributed by atoms with Crippen molar-refractivity contribution in [2.75, 3.05) is 5.43 Å². The van der Waals surface area contributed by atoms with Gasteiger partial charge in [-0.15, -0.1) is 0 Å². The number of nitrogens with two attached hydrogens (primary N) is 1. The van der Waals surface area contributed by atoms with Crippen LogP contribution in [0.15, 0.2) is 30.3 Å². The molecule has 3 N–H and O–H groups in total. The Morgan fingerprint density at radius 1 is 1.12 bits per heavy atom. The molecule has 0 heterocycles. The van der Waals surface area contributed by atoms with Crippen LogP contribution in [0, 0.1) is 0 Å². The van der Waals surface area contributed by atoms with Crippen LogP contribution in [0.25, 0.3) is 0 Å². The molecule has 1 aromatic rings. The summed E-state index contributed by atoms with van der Waals surface area (Å²) >= 11 is 0. The Bertz CT molecular complexity index is 148. The fourth-order valence-corrected chi connectivity index (χ4v) is 0.534. The molecule has 1 aromatic carbocycles. The first-order valence-electron chi connectivity index (χ1n) is 2.45. The molecule has 0 spiro atoms. The predicted molar refractivity (Wildman–Crippen MR) is 34.3 cm³/mol. The van der Waals surface area contributed by atoms with E-state index in [9.17, 15) is 0 Å². The van der Waals surface area contributed by atoms with E-state index in [1.165, 1.54) is 0 Å². The highest BCUT2D eigenvalue weighted by atomic mass is 15.8. The van der Waals surface area contributed by atoms with Crippen molar-refractivity contribution in [3.05, 3.63) is 30.3 Å².